The van der Waals surface area contributed by atoms with Gasteiger partial charge in [0, 0.05) is 26.4 Å². The number of ether oxygens (including phenoxy) is 1. The van der Waals surface area contributed by atoms with Crippen LogP contribution < -0.4 is 0 Å². The molecule has 1 aromatic heterocycles. The molecule has 1 N–H and O–H groups in total. The van der Waals surface area contributed by atoms with E-state index >= 15 is 0 Å². The smallest absolute Gasteiger partial charge is 0.317 e. The van der Waals surface area contributed by atoms with E-state index in [1.54, 1.807) is 18.2 Å². The van der Waals surface area contributed by atoms with Gasteiger partial charge < -0.3 is 9.84 Å². The van der Waals surface area contributed by atoms with Crippen LogP contribution in [0.2, 0.25) is 0 Å². The van der Waals surface area contributed by atoms with E-state index in [0.29, 0.717) is 19.7 Å². The zero-order valence-electron chi connectivity index (χ0n) is 9.30. The van der Waals surface area contributed by atoms with Crippen molar-refractivity contribution in [2.75, 3.05) is 26.8 Å². The molecule has 16 heavy (non-hydrogen) atoms. The Labute approximate surface area is 94.7 Å². The standard InChI is InChI=1S/C11H16N2O3/c1-16-7-6-13(9-11(14)15)8-10-4-2-3-5-12-10/h2-5H,6-9H2,1H3,(H,14,15). The molecule has 0 spiro atoms. The second kappa shape index (κ2) is 6.92. The Morgan fingerprint density at radius 2 is 2.38 bits per heavy atom. The predicted octanol–water partition coefficient (Wildman–Crippen LogP) is 0.615. The lowest BCUT2D eigenvalue weighted by atomic mass is 10.3. The van der Waals surface area contributed by atoms with Gasteiger partial charge in [-0.05, 0) is 12.1 Å². The van der Waals surface area contributed by atoms with Gasteiger partial charge in [0.15, 0.2) is 0 Å². The summed E-state index contributed by atoms with van der Waals surface area (Å²) in [5.41, 5.74) is 0.861. The molecule has 0 fully saturated rings. The fourth-order valence-electron chi connectivity index (χ4n) is 1.35. The summed E-state index contributed by atoms with van der Waals surface area (Å²) in [5.74, 6) is -0.841. The van der Waals surface area contributed by atoms with Gasteiger partial charge in [0.25, 0.3) is 0 Å². The molecule has 0 saturated heterocycles. The fraction of sp³-hybridized carbons (Fsp3) is 0.455. The zero-order valence-corrected chi connectivity index (χ0v) is 9.30. The highest BCUT2D eigenvalue weighted by Crippen LogP contribution is 2.00. The molecule has 0 radical (unpaired) electrons. The molecular weight excluding hydrogens is 208 g/mol. The van der Waals surface area contributed by atoms with Gasteiger partial charge in [0.05, 0.1) is 18.8 Å². The zero-order chi connectivity index (χ0) is 11.8. The second-order valence-electron chi connectivity index (χ2n) is 3.42. The number of hydrogen-bond donors (Lipinski definition) is 1. The summed E-state index contributed by atoms with van der Waals surface area (Å²) in [4.78, 5) is 16.6. The van der Waals surface area contributed by atoms with Crippen molar-refractivity contribution in [3.63, 3.8) is 0 Å². The number of pyridine rings is 1. The van der Waals surface area contributed by atoms with Crippen LogP contribution in [-0.2, 0) is 16.1 Å². The highest BCUT2D eigenvalue weighted by Gasteiger charge is 2.10. The number of rotatable bonds is 7. The van der Waals surface area contributed by atoms with E-state index in [1.165, 1.54) is 0 Å². The molecule has 0 aromatic carbocycles. The summed E-state index contributed by atoms with van der Waals surface area (Å²) in [6, 6.07) is 5.60. The SMILES string of the molecule is COCCN(CC(=O)O)Cc1ccccn1. The molecule has 1 heterocycles. The first kappa shape index (κ1) is 12.6. The molecule has 0 bridgehead atoms. The second-order valence-corrected chi connectivity index (χ2v) is 3.42. The minimum atomic E-state index is -0.841. The average Bonchev–Trinajstić information content (AvgIpc) is 2.26. The maximum atomic E-state index is 10.7. The molecule has 0 unspecified atom stereocenters. The Morgan fingerprint density at radius 1 is 1.56 bits per heavy atom. The minimum Gasteiger partial charge on any atom is -0.480 e. The van der Waals surface area contributed by atoms with Gasteiger partial charge in [-0.25, -0.2) is 0 Å². The molecule has 1 rings (SSSR count). The molecule has 0 saturated carbocycles. The fourth-order valence-corrected chi connectivity index (χ4v) is 1.35. The Hall–Kier alpha value is -1.46. The molecule has 88 valence electrons. The van der Waals surface area contributed by atoms with E-state index in [-0.39, 0.29) is 6.54 Å². The van der Waals surface area contributed by atoms with Crippen molar-refractivity contribution < 1.29 is 14.6 Å². The Bertz CT molecular complexity index is 316. The van der Waals surface area contributed by atoms with Crippen LogP contribution >= 0.6 is 0 Å². The third-order valence-electron chi connectivity index (χ3n) is 2.08. The highest BCUT2D eigenvalue weighted by molar-refractivity contribution is 5.69. The number of carboxylic acids is 1. The van der Waals surface area contributed by atoms with Crippen molar-refractivity contribution in [2.24, 2.45) is 0 Å². The number of carbonyl (C=O) groups is 1. The van der Waals surface area contributed by atoms with Crippen molar-refractivity contribution in [1.29, 1.82) is 0 Å². The molecule has 5 heteroatoms. The van der Waals surface area contributed by atoms with Gasteiger partial charge in [-0.1, -0.05) is 6.07 Å². The van der Waals surface area contributed by atoms with Crippen molar-refractivity contribution in [2.45, 2.75) is 6.54 Å². The Balaban J connectivity index is 2.52. The quantitative estimate of drug-likeness (QED) is 0.735. The van der Waals surface area contributed by atoms with Crippen LogP contribution in [0.5, 0.6) is 0 Å². The van der Waals surface area contributed by atoms with Crippen LogP contribution in [0.3, 0.4) is 0 Å². The summed E-state index contributed by atoms with van der Waals surface area (Å²) < 4.78 is 4.94. The molecule has 1 aromatic rings. The van der Waals surface area contributed by atoms with Crippen molar-refractivity contribution in [3.8, 4) is 0 Å². The number of nitrogens with zero attached hydrogens (tertiary/aromatic N) is 2. The van der Waals surface area contributed by atoms with Crippen molar-refractivity contribution in [3.05, 3.63) is 30.1 Å². The van der Waals surface area contributed by atoms with Crippen LogP contribution in [0.15, 0.2) is 24.4 Å². The van der Waals surface area contributed by atoms with E-state index in [9.17, 15) is 4.79 Å². The Kier molecular flexibility index (Phi) is 5.45. The van der Waals surface area contributed by atoms with E-state index < -0.39 is 5.97 Å². The van der Waals surface area contributed by atoms with Gasteiger partial charge >= 0.3 is 5.97 Å². The van der Waals surface area contributed by atoms with Gasteiger partial charge in [0.2, 0.25) is 0 Å². The summed E-state index contributed by atoms with van der Waals surface area (Å²) in [5, 5.41) is 8.76. The molecule has 0 atom stereocenters. The van der Waals surface area contributed by atoms with Crippen LogP contribution in [0.1, 0.15) is 5.69 Å². The van der Waals surface area contributed by atoms with E-state index in [4.69, 9.17) is 9.84 Å². The third kappa shape index (κ3) is 4.86. The van der Waals surface area contributed by atoms with Gasteiger partial charge in [0.1, 0.15) is 0 Å². The monoisotopic (exact) mass is 224 g/mol. The molecule has 0 aliphatic carbocycles. The van der Waals surface area contributed by atoms with Crippen molar-refractivity contribution >= 4 is 5.97 Å². The average molecular weight is 224 g/mol. The summed E-state index contributed by atoms with van der Waals surface area (Å²) in [6.45, 7) is 1.62. The molecule has 0 aliphatic heterocycles. The number of methoxy groups -OCH3 is 1. The van der Waals surface area contributed by atoms with Gasteiger partial charge in [-0.3, -0.25) is 14.7 Å². The number of aliphatic carboxylic acids is 1. The van der Waals surface area contributed by atoms with Crippen LogP contribution in [0.4, 0.5) is 0 Å². The largest absolute Gasteiger partial charge is 0.480 e. The summed E-state index contributed by atoms with van der Waals surface area (Å²) >= 11 is 0. The number of aromatic nitrogens is 1. The third-order valence-corrected chi connectivity index (χ3v) is 2.08. The summed E-state index contributed by atoms with van der Waals surface area (Å²) in [6.07, 6.45) is 1.70. The predicted molar refractivity (Wildman–Crippen MR) is 59.0 cm³/mol. The van der Waals surface area contributed by atoms with Crippen molar-refractivity contribution in [1.82, 2.24) is 9.88 Å². The lowest BCUT2D eigenvalue weighted by Crippen LogP contribution is -2.32. The maximum Gasteiger partial charge on any atom is 0.317 e. The number of hydrogen-bond acceptors (Lipinski definition) is 4. The van der Waals surface area contributed by atoms with E-state index in [2.05, 4.69) is 4.98 Å². The van der Waals surface area contributed by atoms with Gasteiger partial charge in [-0.2, -0.15) is 0 Å². The first-order chi connectivity index (χ1) is 7.72. The molecule has 0 amide bonds. The van der Waals surface area contributed by atoms with Crippen LogP contribution in [-0.4, -0.2) is 47.8 Å². The van der Waals surface area contributed by atoms with Gasteiger partial charge in [-0.15, -0.1) is 0 Å². The Morgan fingerprint density at radius 3 is 2.94 bits per heavy atom. The molecular formula is C11H16N2O3. The minimum absolute atomic E-state index is 0.0000652. The molecule has 0 aliphatic rings. The first-order valence-electron chi connectivity index (χ1n) is 5.05. The maximum absolute atomic E-state index is 10.7. The van der Waals surface area contributed by atoms with E-state index in [1.807, 2.05) is 18.2 Å². The van der Waals surface area contributed by atoms with E-state index in [0.717, 1.165) is 5.69 Å². The topological polar surface area (TPSA) is 62.7 Å². The van der Waals surface area contributed by atoms with Crippen LogP contribution in [0, 0.1) is 0 Å². The molecule has 5 nitrogen and oxygen atoms in total. The summed E-state index contributed by atoms with van der Waals surface area (Å²) in [7, 11) is 1.60. The number of carboxylic acid groups (broad SMARTS) is 1. The lowest BCUT2D eigenvalue weighted by molar-refractivity contribution is -0.138. The normalized spacial score (nSPS) is 10.6. The lowest BCUT2D eigenvalue weighted by Gasteiger charge is -2.19. The van der Waals surface area contributed by atoms with Crippen LogP contribution in [0.25, 0.3) is 0 Å². The highest BCUT2D eigenvalue weighted by atomic mass is 16.5. The first-order valence-corrected chi connectivity index (χ1v) is 5.05.